The Morgan fingerprint density at radius 3 is 2.17 bits per heavy atom. The molecule has 0 fully saturated rings. The number of fused-ring (bicyclic) bond motifs is 2. The minimum absolute atomic E-state index is 0.247. The molecule has 0 saturated heterocycles. The molecule has 0 aliphatic rings. The summed E-state index contributed by atoms with van der Waals surface area (Å²) in [6.07, 6.45) is 0. The average Bonchev–Trinajstić information content (AvgIpc) is 2.32. The molecule has 0 atom stereocenters. The van der Waals surface area contributed by atoms with Gasteiger partial charge in [0.25, 0.3) is 11.0 Å². The number of benzene rings is 1. The second kappa shape index (κ2) is 3.49. The number of H-pyrrole nitrogens is 4. The van der Waals surface area contributed by atoms with Crippen LogP contribution in [-0.2, 0) is 0 Å². The summed E-state index contributed by atoms with van der Waals surface area (Å²) >= 11 is 0. The molecule has 0 aliphatic heterocycles. The zero-order chi connectivity index (χ0) is 12.9. The number of hydrogen-bond donors (Lipinski definition) is 2. The SMILES string of the molecule is Cc1cc(C)c2[nH+]c3c(=O)[nH][nH]c(=O)c3[nH+]c2c1. The summed E-state index contributed by atoms with van der Waals surface area (Å²) in [6, 6.07) is 3.94. The van der Waals surface area contributed by atoms with Crippen LogP contribution in [0.3, 0.4) is 0 Å². The smallest absolute Gasteiger partial charge is 0.260 e. The topological polar surface area (TPSA) is 94.0 Å². The predicted octanol–water partition coefficient (Wildman–Crippen LogP) is -0.385. The summed E-state index contributed by atoms with van der Waals surface area (Å²) in [6.45, 7) is 3.93. The van der Waals surface area contributed by atoms with Crippen molar-refractivity contribution in [2.75, 3.05) is 0 Å². The van der Waals surface area contributed by atoms with Crippen LogP contribution >= 0.6 is 0 Å². The van der Waals surface area contributed by atoms with Crippen molar-refractivity contribution in [3.8, 4) is 0 Å². The molecule has 18 heavy (non-hydrogen) atoms. The normalized spacial score (nSPS) is 11.2. The van der Waals surface area contributed by atoms with Gasteiger partial charge in [0.05, 0.1) is 0 Å². The van der Waals surface area contributed by atoms with Gasteiger partial charge in [-0.2, -0.15) is 9.97 Å². The van der Waals surface area contributed by atoms with Crippen molar-refractivity contribution in [3.63, 3.8) is 0 Å². The lowest BCUT2D eigenvalue weighted by Crippen LogP contribution is -2.32. The maximum absolute atomic E-state index is 11.7. The van der Waals surface area contributed by atoms with E-state index in [1.54, 1.807) is 0 Å². The van der Waals surface area contributed by atoms with Gasteiger partial charge in [-0.1, -0.05) is 0 Å². The maximum atomic E-state index is 11.7. The van der Waals surface area contributed by atoms with Gasteiger partial charge in [0.1, 0.15) is 0 Å². The first-order valence-corrected chi connectivity index (χ1v) is 5.56. The molecule has 0 amide bonds. The Kier molecular flexibility index (Phi) is 2.07. The van der Waals surface area contributed by atoms with Gasteiger partial charge in [-0.15, -0.1) is 0 Å². The van der Waals surface area contributed by atoms with Crippen LogP contribution in [0.5, 0.6) is 0 Å². The van der Waals surface area contributed by atoms with E-state index in [1.165, 1.54) is 0 Å². The van der Waals surface area contributed by atoms with Crippen LogP contribution in [0.15, 0.2) is 21.7 Å². The molecule has 0 unspecified atom stereocenters. The molecule has 6 heteroatoms. The Morgan fingerprint density at radius 1 is 0.889 bits per heavy atom. The number of hydrogen-bond acceptors (Lipinski definition) is 2. The number of aryl methyl sites for hydroxylation is 2. The number of nitrogens with one attached hydrogen (secondary N) is 4. The maximum Gasteiger partial charge on any atom is 0.349 e. The molecule has 2 heterocycles. The first-order chi connectivity index (χ1) is 8.56. The lowest BCUT2D eigenvalue weighted by atomic mass is 10.1. The fourth-order valence-electron chi connectivity index (χ4n) is 2.20. The molecule has 0 aliphatic carbocycles. The number of rotatable bonds is 0. The summed E-state index contributed by atoms with van der Waals surface area (Å²) in [5.74, 6) is 0. The molecule has 0 spiro atoms. The molecular weight excluding hydrogens is 232 g/mol. The highest BCUT2D eigenvalue weighted by Gasteiger charge is 2.21. The van der Waals surface area contributed by atoms with E-state index in [9.17, 15) is 9.59 Å². The summed E-state index contributed by atoms with van der Waals surface area (Å²) in [4.78, 5) is 29.4. The second-order valence-electron chi connectivity index (χ2n) is 4.41. The standard InChI is InChI=1S/C12H10N4O2/c1-5-3-6(2)8-7(4-5)13-9-10(14-8)12(18)16-15-11(9)17/h3-4H,1-2H3,(H,15,17)(H,16,18)/p+2. The molecule has 90 valence electrons. The number of aromatic amines is 4. The zero-order valence-corrected chi connectivity index (χ0v) is 9.97. The molecule has 3 rings (SSSR count). The van der Waals surface area contributed by atoms with E-state index in [-0.39, 0.29) is 22.2 Å². The largest absolute Gasteiger partial charge is 0.349 e. The van der Waals surface area contributed by atoms with Gasteiger partial charge in [-0.05, 0) is 25.5 Å². The highest BCUT2D eigenvalue weighted by molar-refractivity contribution is 5.77. The molecule has 3 aromatic rings. The molecular formula is C12H12N4O2+2. The van der Waals surface area contributed by atoms with Crippen molar-refractivity contribution in [2.24, 2.45) is 0 Å². The third-order valence-corrected chi connectivity index (χ3v) is 2.98. The third kappa shape index (κ3) is 1.42. The van der Waals surface area contributed by atoms with Crippen molar-refractivity contribution in [2.45, 2.75) is 13.8 Å². The average molecular weight is 244 g/mol. The van der Waals surface area contributed by atoms with Gasteiger partial charge < -0.3 is 0 Å². The molecule has 2 aromatic heterocycles. The fourth-order valence-corrected chi connectivity index (χ4v) is 2.20. The van der Waals surface area contributed by atoms with E-state index in [4.69, 9.17) is 0 Å². The van der Waals surface area contributed by atoms with Crippen LogP contribution in [0, 0.1) is 13.8 Å². The minimum atomic E-state index is -0.359. The van der Waals surface area contributed by atoms with Crippen molar-refractivity contribution in [1.29, 1.82) is 0 Å². The van der Waals surface area contributed by atoms with E-state index in [0.717, 1.165) is 22.2 Å². The summed E-state index contributed by atoms with van der Waals surface area (Å²) in [5.41, 5.74) is 3.51. The van der Waals surface area contributed by atoms with E-state index in [0.29, 0.717) is 0 Å². The van der Waals surface area contributed by atoms with E-state index < -0.39 is 0 Å². The van der Waals surface area contributed by atoms with Gasteiger partial charge >= 0.3 is 22.2 Å². The predicted molar refractivity (Wildman–Crippen MR) is 65.3 cm³/mol. The van der Waals surface area contributed by atoms with E-state index in [2.05, 4.69) is 20.2 Å². The van der Waals surface area contributed by atoms with Crippen molar-refractivity contribution >= 4 is 22.1 Å². The van der Waals surface area contributed by atoms with Crippen LogP contribution < -0.4 is 21.1 Å². The van der Waals surface area contributed by atoms with Crippen LogP contribution in [0.2, 0.25) is 0 Å². The van der Waals surface area contributed by atoms with Gasteiger partial charge in [-0.25, -0.2) is 0 Å². The van der Waals surface area contributed by atoms with E-state index in [1.807, 2.05) is 26.0 Å². The van der Waals surface area contributed by atoms with Crippen molar-refractivity contribution < 1.29 is 9.97 Å². The first kappa shape index (κ1) is 10.6. The first-order valence-electron chi connectivity index (χ1n) is 5.56. The molecule has 0 radical (unpaired) electrons. The quantitative estimate of drug-likeness (QED) is 0.527. The molecule has 0 saturated carbocycles. The van der Waals surface area contributed by atoms with Crippen molar-refractivity contribution in [3.05, 3.63) is 44.0 Å². The highest BCUT2D eigenvalue weighted by Crippen LogP contribution is 2.12. The molecule has 0 bridgehead atoms. The monoisotopic (exact) mass is 244 g/mol. The lowest BCUT2D eigenvalue weighted by Gasteiger charge is -1.95. The summed E-state index contributed by atoms with van der Waals surface area (Å²) in [5, 5.41) is 4.59. The van der Waals surface area contributed by atoms with E-state index >= 15 is 0 Å². The van der Waals surface area contributed by atoms with Gasteiger partial charge in [-0.3, -0.25) is 19.8 Å². The Hall–Kier alpha value is -2.50. The van der Waals surface area contributed by atoms with Crippen LogP contribution in [0.1, 0.15) is 11.1 Å². The number of aromatic nitrogens is 4. The zero-order valence-electron chi connectivity index (χ0n) is 9.97. The van der Waals surface area contributed by atoms with Crippen LogP contribution in [0.4, 0.5) is 0 Å². The van der Waals surface area contributed by atoms with Gasteiger partial charge in [0.2, 0.25) is 0 Å². The summed E-state index contributed by atoms with van der Waals surface area (Å²) in [7, 11) is 0. The minimum Gasteiger partial charge on any atom is -0.260 e. The fraction of sp³-hybridized carbons (Fsp3) is 0.167. The Balaban J connectivity index is 2.64. The van der Waals surface area contributed by atoms with Crippen LogP contribution in [0.25, 0.3) is 22.1 Å². The lowest BCUT2D eigenvalue weighted by molar-refractivity contribution is -0.362. The van der Waals surface area contributed by atoms with Gasteiger partial charge in [0, 0.05) is 11.6 Å². The Labute approximate surface area is 101 Å². The summed E-state index contributed by atoms with van der Waals surface area (Å²) < 4.78 is 0. The molecule has 6 nitrogen and oxygen atoms in total. The Morgan fingerprint density at radius 2 is 1.50 bits per heavy atom. The van der Waals surface area contributed by atoms with Gasteiger partial charge in [0.15, 0.2) is 0 Å². The second-order valence-corrected chi connectivity index (χ2v) is 4.41. The molecule has 4 N–H and O–H groups in total. The molecule has 1 aromatic carbocycles. The Bertz CT molecular complexity index is 892. The highest BCUT2D eigenvalue weighted by atomic mass is 16.1. The van der Waals surface area contributed by atoms with Crippen molar-refractivity contribution in [1.82, 2.24) is 10.2 Å². The third-order valence-electron chi connectivity index (χ3n) is 2.98. The van der Waals surface area contributed by atoms with Crippen LogP contribution in [-0.4, -0.2) is 10.2 Å².